The number of nitrogens with one attached hydrogen (secondary N) is 1. The van der Waals surface area contributed by atoms with Crippen molar-refractivity contribution in [3.8, 4) is 12.3 Å². The Labute approximate surface area is 117 Å². The van der Waals surface area contributed by atoms with Crippen molar-refractivity contribution in [1.29, 1.82) is 0 Å². The summed E-state index contributed by atoms with van der Waals surface area (Å²) in [6.07, 6.45) is 6.65. The maximum Gasteiger partial charge on any atom is 0.336 e. The van der Waals surface area contributed by atoms with Gasteiger partial charge < -0.3 is 15.3 Å². The molecule has 0 aromatic heterocycles. The number of carboxylic acid groups (broad SMARTS) is 1. The molecule has 0 bridgehead atoms. The van der Waals surface area contributed by atoms with Crippen molar-refractivity contribution < 1.29 is 14.7 Å². The Bertz CT molecular complexity index is 575. The topological polar surface area (TPSA) is 69.6 Å². The zero-order chi connectivity index (χ0) is 14.5. The predicted molar refractivity (Wildman–Crippen MR) is 75.8 cm³/mol. The van der Waals surface area contributed by atoms with E-state index in [1.807, 2.05) is 11.0 Å². The van der Waals surface area contributed by atoms with E-state index in [0.717, 1.165) is 30.6 Å². The van der Waals surface area contributed by atoms with Crippen molar-refractivity contribution in [3.63, 3.8) is 0 Å². The van der Waals surface area contributed by atoms with Crippen molar-refractivity contribution >= 4 is 17.6 Å². The van der Waals surface area contributed by atoms with Gasteiger partial charge in [-0.2, -0.15) is 0 Å². The van der Waals surface area contributed by atoms with Gasteiger partial charge in [-0.3, -0.25) is 4.79 Å². The highest BCUT2D eigenvalue weighted by molar-refractivity contribution is 5.92. The van der Waals surface area contributed by atoms with E-state index in [2.05, 4.69) is 11.2 Å². The molecule has 5 heteroatoms. The van der Waals surface area contributed by atoms with E-state index in [1.54, 1.807) is 12.1 Å². The van der Waals surface area contributed by atoms with Gasteiger partial charge in [0.25, 0.3) is 0 Å². The highest BCUT2D eigenvalue weighted by Gasteiger charge is 2.23. The van der Waals surface area contributed by atoms with E-state index in [1.165, 1.54) is 0 Å². The second-order valence-electron chi connectivity index (χ2n) is 4.61. The number of fused-ring (bicyclic) bond motifs is 1. The maximum absolute atomic E-state index is 11.7. The zero-order valence-corrected chi connectivity index (χ0v) is 11.1. The van der Waals surface area contributed by atoms with Crippen LogP contribution in [0.25, 0.3) is 0 Å². The first-order valence-electron chi connectivity index (χ1n) is 6.43. The molecule has 0 saturated heterocycles. The molecule has 1 aliphatic heterocycles. The van der Waals surface area contributed by atoms with Crippen LogP contribution < -0.4 is 10.2 Å². The highest BCUT2D eigenvalue weighted by Crippen LogP contribution is 2.29. The van der Waals surface area contributed by atoms with Crippen LogP contribution in [0.4, 0.5) is 5.69 Å². The van der Waals surface area contributed by atoms with Crippen LogP contribution >= 0.6 is 0 Å². The van der Waals surface area contributed by atoms with Gasteiger partial charge in [0.05, 0.1) is 18.7 Å². The van der Waals surface area contributed by atoms with E-state index in [4.69, 9.17) is 6.42 Å². The van der Waals surface area contributed by atoms with Gasteiger partial charge in [0.15, 0.2) is 0 Å². The molecule has 0 radical (unpaired) electrons. The lowest BCUT2D eigenvalue weighted by atomic mass is 9.96. The van der Waals surface area contributed by atoms with Crippen molar-refractivity contribution in [1.82, 2.24) is 5.32 Å². The minimum absolute atomic E-state index is 0.156. The number of hydrogen-bond donors (Lipinski definition) is 2. The number of rotatable bonds is 4. The number of nitrogens with zero attached hydrogens (tertiary/aromatic N) is 1. The fraction of sp³-hybridized carbons (Fsp3) is 0.333. The second kappa shape index (κ2) is 6.11. The lowest BCUT2D eigenvalue weighted by Crippen LogP contribution is -2.40. The molecular weight excluding hydrogens is 256 g/mol. The summed E-state index contributed by atoms with van der Waals surface area (Å²) in [6, 6.07) is 5.17. The summed E-state index contributed by atoms with van der Waals surface area (Å²) in [5.41, 5.74) is 1.94. The van der Waals surface area contributed by atoms with Crippen molar-refractivity contribution in [2.75, 3.05) is 24.5 Å². The molecule has 1 aliphatic rings. The van der Waals surface area contributed by atoms with E-state index in [-0.39, 0.29) is 19.0 Å². The summed E-state index contributed by atoms with van der Waals surface area (Å²) in [6.45, 7) is 1.13. The number of carboxylic acids is 1. The maximum atomic E-state index is 11.7. The molecule has 104 valence electrons. The van der Waals surface area contributed by atoms with Gasteiger partial charge in [0.1, 0.15) is 0 Å². The van der Waals surface area contributed by atoms with Crippen LogP contribution in [-0.2, 0) is 11.2 Å². The molecule has 1 aromatic rings. The fourth-order valence-electron chi connectivity index (χ4n) is 2.44. The van der Waals surface area contributed by atoms with Crippen molar-refractivity contribution in [3.05, 3.63) is 29.3 Å². The quantitative estimate of drug-likeness (QED) is 0.799. The average Bonchev–Trinajstić information content (AvgIpc) is 2.44. The van der Waals surface area contributed by atoms with Gasteiger partial charge in [-0.25, -0.2) is 4.79 Å². The average molecular weight is 272 g/mol. The first kappa shape index (κ1) is 13.9. The Morgan fingerprint density at radius 1 is 1.45 bits per heavy atom. The number of carbonyl (C=O) groups excluding carboxylic acids is 1. The molecule has 1 amide bonds. The number of anilines is 1. The third-order valence-electron chi connectivity index (χ3n) is 3.30. The Balaban J connectivity index is 2.21. The van der Waals surface area contributed by atoms with E-state index in [0.29, 0.717) is 5.56 Å². The second-order valence-corrected chi connectivity index (χ2v) is 4.61. The van der Waals surface area contributed by atoms with Gasteiger partial charge in [-0.1, -0.05) is 12.0 Å². The molecule has 1 aromatic carbocycles. The number of benzene rings is 1. The summed E-state index contributed by atoms with van der Waals surface area (Å²) in [5.74, 6) is 1.26. The number of hydrogen-bond acceptors (Lipinski definition) is 3. The molecule has 2 N–H and O–H groups in total. The van der Waals surface area contributed by atoms with Crippen LogP contribution in [0.1, 0.15) is 22.3 Å². The first-order valence-corrected chi connectivity index (χ1v) is 6.43. The van der Waals surface area contributed by atoms with Crippen LogP contribution in [0.5, 0.6) is 0 Å². The Morgan fingerprint density at radius 3 is 2.95 bits per heavy atom. The van der Waals surface area contributed by atoms with Crippen LogP contribution in [-0.4, -0.2) is 36.6 Å². The SMILES string of the molecule is C#CCNC(=O)CN1CCCc2c(C(=O)O)cccc21. The zero-order valence-electron chi connectivity index (χ0n) is 11.1. The third-order valence-corrected chi connectivity index (χ3v) is 3.30. The molecule has 1 heterocycles. The standard InChI is InChI=1S/C15H16N2O3/c1-2-8-16-14(18)10-17-9-4-6-11-12(15(19)20)5-3-7-13(11)17/h1,3,5,7H,4,6,8-10H2,(H,16,18)(H,19,20). The summed E-state index contributed by atoms with van der Waals surface area (Å²) >= 11 is 0. The van der Waals surface area contributed by atoms with Gasteiger partial charge in [-0.15, -0.1) is 6.42 Å². The number of amides is 1. The minimum atomic E-state index is -0.930. The molecule has 0 unspecified atom stereocenters. The molecular formula is C15H16N2O3. The molecule has 0 atom stereocenters. The fourth-order valence-corrected chi connectivity index (χ4v) is 2.44. The van der Waals surface area contributed by atoms with Gasteiger partial charge in [0.2, 0.25) is 5.91 Å². The first-order chi connectivity index (χ1) is 9.63. The summed E-state index contributed by atoms with van der Waals surface area (Å²) in [5, 5.41) is 11.8. The lowest BCUT2D eigenvalue weighted by Gasteiger charge is -2.31. The summed E-state index contributed by atoms with van der Waals surface area (Å²) in [4.78, 5) is 24.9. The molecule has 20 heavy (non-hydrogen) atoms. The van der Waals surface area contributed by atoms with Crippen LogP contribution in [0.3, 0.4) is 0 Å². The predicted octanol–water partition coefficient (Wildman–Crippen LogP) is 0.887. The molecule has 0 spiro atoms. The monoisotopic (exact) mass is 272 g/mol. The molecule has 2 rings (SSSR count). The number of aromatic carboxylic acids is 1. The van der Waals surface area contributed by atoms with Crippen LogP contribution in [0, 0.1) is 12.3 Å². The molecule has 0 aliphatic carbocycles. The van der Waals surface area contributed by atoms with Gasteiger partial charge >= 0.3 is 5.97 Å². The number of terminal acetylenes is 1. The van der Waals surface area contributed by atoms with E-state index < -0.39 is 5.97 Å². The summed E-state index contributed by atoms with van der Waals surface area (Å²) < 4.78 is 0. The Kier molecular flexibility index (Phi) is 4.26. The van der Waals surface area contributed by atoms with E-state index >= 15 is 0 Å². The van der Waals surface area contributed by atoms with E-state index in [9.17, 15) is 14.7 Å². The molecule has 0 saturated carbocycles. The smallest absolute Gasteiger partial charge is 0.336 e. The Hall–Kier alpha value is -2.48. The largest absolute Gasteiger partial charge is 0.478 e. The minimum Gasteiger partial charge on any atom is -0.478 e. The molecule has 0 fully saturated rings. The van der Waals surface area contributed by atoms with Gasteiger partial charge in [0, 0.05) is 12.2 Å². The van der Waals surface area contributed by atoms with Crippen LogP contribution in [0.15, 0.2) is 18.2 Å². The normalized spacial score (nSPS) is 13.2. The number of carbonyl (C=O) groups is 2. The van der Waals surface area contributed by atoms with Crippen LogP contribution in [0.2, 0.25) is 0 Å². The Morgan fingerprint density at radius 2 is 2.25 bits per heavy atom. The molecule has 5 nitrogen and oxygen atoms in total. The summed E-state index contributed by atoms with van der Waals surface area (Å²) in [7, 11) is 0. The third kappa shape index (κ3) is 2.91. The lowest BCUT2D eigenvalue weighted by molar-refractivity contribution is -0.119. The van der Waals surface area contributed by atoms with Crippen molar-refractivity contribution in [2.45, 2.75) is 12.8 Å². The van der Waals surface area contributed by atoms with Crippen molar-refractivity contribution in [2.24, 2.45) is 0 Å². The van der Waals surface area contributed by atoms with Gasteiger partial charge in [-0.05, 0) is 30.5 Å². The highest BCUT2D eigenvalue weighted by atomic mass is 16.4.